The van der Waals surface area contributed by atoms with E-state index in [4.69, 9.17) is 0 Å². The summed E-state index contributed by atoms with van der Waals surface area (Å²) in [7, 11) is 0. The van der Waals surface area contributed by atoms with Gasteiger partial charge in [0.1, 0.15) is 11.6 Å². The molecule has 1 aromatic rings. The van der Waals surface area contributed by atoms with Crippen molar-refractivity contribution < 1.29 is 8.78 Å². The molecule has 0 saturated carbocycles. The summed E-state index contributed by atoms with van der Waals surface area (Å²) in [5, 5.41) is 3.22. The maximum atomic E-state index is 12.9. The summed E-state index contributed by atoms with van der Waals surface area (Å²) in [6.07, 6.45) is 2.18. The number of halogens is 2. The summed E-state index contributed by atoms with van der Waals surface area (Å²) in [6, 6.07) is 3.61. The van der Waals surface area contributed by atoms with Crippen LogP contribution < -0.4 is 5.32 Å². The number of rotatable bonds is 5. The van der Waals surface area contributed by atoms with Gasteiger partial charge in [-0.3, -0.25) is 0 Å². The molecule has 15 heavy (non-hydrogen) atoms. The summed E-state index contributed by atoms with van der Waals surface area (Å²) in [5.74, 6) is -1.04. The maximum absolute atomic E-state index is 12.9. The number of benzene rings is 1. The number of nitrogens with one attached hydrogen (secondary N) is 1. The molecule has 0 aliphatic rings. The van der Waals surface area contributed by atoms with E-state index in [1.165, 1.54) is 12.1 Å². The largest absolute Gasteiger partial charge is 0.310 e. The smallest absolute Gasteiger partial charge is 0.126 e. The molecule has 0 fully saturated rings. The fourth-order valence-electron chi connectivity index (χ4n) is 1.44. The van der Waals surface area contributed by atoms with E-state index in [-0.39, 0.29) is 6.04 Å². The zero-order valence-corrected chi connectivity index (χ0v) is 9.19. The molecule has 1 rings (SSSR count). The zero-order chi connectivity index (χ0) is 11.3. The van der Waals surface area contributed by atoms with Crippen molar-refractivity contribution in [3.05, 3.63) is 35.4 Å². The van der Waals surface area contributed by atoms with Crippen LogP contribution in [0.15, 0.2) is 18.2 Å². The zero-order valence-electron chi connectivity index (χ0n) is 9.19. The first kappa shape index (κ1) is 12.1. The van der Waals surface area contributed by atoms with E-state index >= 15 is 0 Å². The van der Waals surface area contributed by atoms with Gasteiger partial charge in [0.2, 0.25) is 0 Å². The van der Waals surface area contributed by atoms with Crippen molar-refractivity contribution in [3.63, 3.8) is 0 Å². The first-order valence-corrected chi connectivity index (χ1v) is 5.33. The normalized spacial score (nSPS) is 12.8. The summed E-state index contributed by atoms with van der Waals surface area (Å²) in [4.78, 5) is 0. The van der Waals surface area contributed by atoms with Crippen LogP contribution in [0.3, 0.4) is 0 Å². The first-order chi connectivity index (χ1) is 7.13. The van der Waals surface area contributed by atoms with Gasteiger partial charge in [-0.15, -0.1) is 0 Å². The van der Waals surface area contributed by atoms with E-state index < -0.39 is 11.6 Å². The summed E-state index contributed by atoms with van der Waals surface area (Å²) in [5.41, 5.74) is 0.656. The van der Waals surface area contributed by atoms with E-state index in [0.29, 0.717) is 5.56 Å². The molecule has 0 radical (unpaired) electrons. The Morgan fingerprint density at radius 3 is 2.33 bits per heavy atom. The van der Waals surface area contributed by atoms with Crippen LogP contribution >= 0.6 is 0 Å². The maximum Gasteiger partial charge on any atom is 0.126 e. The third-order valence-electron chi connectivity index (χ3n) is 2.37. The first-order valence-electron chi connectivity index (χ1n) is 5.33. The van der Waals surface area contributed by atoms with Gasteiger partial charge in [-0.2, -0.15) is 0 Å². The molecule has 0 amide bonds. The van der Waals surface area contributed by atoms with Crippen molar-refractivity contribution in [2.24, 2.45) is 0 Å². The van der Waals surface area contributed by atoms with Crippen LogP contribution in [0.5, 0.6) is 0 Å². The number of hydrogen-bond acceptors (Lipinski definition) is 1. The Bertz CT molecular complexity index is 292. The molecule has 0 heterocycles. The Morgan fingerprint density at radius 1 is 1.20 bits per heavy atom. The van der Waals surface area contributed by atoms with E-state index in [0.717, 1.165) is 25.5 Å². The van der Waals surface area contributed by atoms with E-state index in [1.54, 1.807) is 0 Å². The van der Waals surface area contributed by atoms with Gasteiger partial charge in [-0.1, -0.05) is 13.3 Å². The lowest BCUT2D eigenvalue weighted by Gasteiger charge is -2.14. The second-order valence-corrected chi connectivity index (χ2v) is 3.73. The number of unbranched alkanes of at least 4 members (excludes halogenated alkanes) is 1. The molecule has 0 bridgehead atoms. The lowest BCUT2D eigenvalue weighted by molar-refractivity contribution is 0.535. The standard InChI is InChI=1S/C12H17F2N/c1-3-4-5-15-9(2)10-6-11(13)8-12(14)7-10/h6-9,15H,3-5H2,1-2H3/t9-/m1/s1. The molecule has 84 valence electrons. The van der Waals surface area contributed by atoms with Gasteiger partial charge in [0.15, 0.2) is 0 Å². The van der Waals surface area contributed by atoms with E-state index in [9.17, 15) is 8.78 Å². The lowest BCUT2D eigenvalue weighted by atomic mass is 10.1. The van der Waals surface area contributed by atoms with Gasteiger partial charge in [-0.05, 0) is 37.6 Å². The highest BCUT2D eigenvalue weighted by Gasteiger charge is 2.07. The van der Waals surface area contributed by atoms with Gasteiger partial charge >= 0.3 is 0 Å². The van der Waals surface area contributed by atoms with Crippen LogP contribution in [0.2, 0.25) is 0 Å². The fourth-order valence-corrected chi connectivity index (χ4v) is 1.44. The molecule has 0 aliphatic carbocycles. The Hall–Kier alpha value is -0.960. The van der Waals surface area contributed by atoms with Crippen LogP contribution in [0.25, 0.3) is 0 Å². The highest BCUT2D eigenvalue weighted by Crippen LogP contribution is 2.15. The molecular weight excluding hydrogens is 196 g/mol. The quantitative estimate of drug-likeness (QED) is 0.739. The van der Waals surface area contributed by atoms with Gasteiger partial charge < -0.3 is 5.32 Å². The van der Waals surface area contributed by atoms with Gasteiger partial charge in [-0.25, -0.2) is 8.78 Å². The molecule has 1 aromatic carbocycles. The third kappa shape index (κ3) is 3.96. The fraction of sp³-hybridized carbons (Fsp3) is 0.500. The topological polar surface area (TPSA) is 12.0 Å². The van der Waals surface area contributed by atoms with Crippen LogP contribution in [-0.4, -0.2) is 6.54 Å². The molecule has 1 nitrogen and oxygen atoms in total. The Kier molecular flexibility index (Phi) is 4.69. The summed E-state index contributed by atoms with van der Waals surface area (Å²) < 4.78 is 25.8. The minimum absolute atomic E-state index is 0.0123. The molecule has 0 spiro atoms. The predicted molar refractivity (Wildman–Crippen MR) is 57.7 cm³/mol. The van der Waals surface area contributed by atoms with Crippen LogP contribution in [0.1, 0.15) is 38.3 Å². The van der Waals surface area contributed by atoms with Crippen molar-refractivity contribution >= 4 is 0 Å². The highest BCUT2D eigenvalue weighted by molar-refractivity contribution is 5.20. The minimum atomic E-state index is -0.519. The molecule has 0 saturated heterocycles. The van der Waals surface area contributed by atoms with E-state index in [2.05, 4.69) is 12.2 Å². The van der Waals surface area contributed by atoms with Gasteiger partial charge in [0.05, 0.1) is 0 Å². The van der Waals surface area contributed by atoms with E-state index in [1.807, 2.05) is 6.92 Å². The summed E-state index contributed by atoms with van der Waals surface area (Å²) >= 11 is 0. The van der Waals surface area contributed by atoms with Crippen molar-refractivity contribution in [3.8, 4) is 0 Å². The van der Waals surface area contributed by atoms with Gasteiger partial charge in [0.25, 0.3) is 0 Å². The number of hydrogen-bond donors (Lipinski definition) is 1. The Labute approximate surface area is 89.5 Å². The van der Waals surface area contributed by atoms with Crippen molar-refractivity contribution in [2.45, 2.75) is 32.7 Å². The predicted octanol–water partition coefficient (Wildman–Crippen LogP) is 3.42. The van der Waals surface area contributed by atoms with Crippen molar-refractivity contribution in [1.82, 2.24) is 5.32 Å². The third-order valence-corrected chi connectivity index (χ3v) is 2.37. The Balaban J connectivity index is 2.60. The van der Waals surface area contributed by atoms with Crippen LogP contribution in [0, 0.1) is 11.6 Å². The molecule has 0 unspecified atom stereocenters. The Morgan fingerprint density at radius 2 is 1.80 bits per heavy atom. The lowest BCUT2D eigenvalue weighted by Crippen LogP contribution is -2.19. The van der Waals surface area contributed by atoms with Crippen molar-refractivity contribution in [1.29, 1.82) is 0 Å². The molecule has 0 aliphatic heterocycles. The molecular formula is C12H17F2N. The summed E-state index contributed by atoms with van der Waals surface area (Å²) in [6.45, 7) is 4.88. The molecule has 0 aromatic heterocycles. The molecule has 1 N–H and O–H groups in total. The minimum Gasteiger partial charge on any atom is -0.310 e. The highest BCUT2D eigenvalue weighted by atomic mass is 19.1. The molecule has 1 atom stereocenters. The van der Waals surface area contributed by atoms with Gasteiger partial charge in [0, 0.05) is 12.1 Å². The average molecular weight is 213 g/mol. The second kappa shape index (κ2) is 5.81. The second-order valence-electron chi connectivity index (χ2n) is 3.73. The average Bonchev–Trinajstić information content (AvgIpc) is 2.16. The molecule has 3 heteroatoms. The van der Waals surface area contributed by atoms with Crippen molar-refractivity contribution in [2.75, 3.05) is 6.54 Å². The van der Waals surface area contributed by atoms with Crippen LogP contribution in [-0.2, 0) is 0 Å². The monoisotopic (exact) mass is 213 g/mol. The van der Waals surface area contributed by atoms with Crippen LogP contribution in [0.4, 0.5) is 8.78 Å². The SMILES string of the molecule is CCCCN[C@H](C)c1cc(F)cc(F)c1.